The van der Waals surface area contributed by atoms with Gasteiger partial charge in [0.05, 0.1) is 10.9 Å². The number of pyridine rings is 1. The number of amides is 1. The first-order valence-corrected chi connectivity index (χ1v) is 7.94. The third-order valence-electron chi connectivity index (χ3n) is 4.20. The van der Waals surface area contributed by atoms with Gasteiger partial charge in [-0.2, -0.15) is 0 Å². The van der Waals surface area contributed by atoms with Gasteiger partial charge in [-0.3, -0.25) is 18.7 Å². The summed E-state index contributed by atoms with van der Waals surface area (Å²) in [5.41, 5.74) is 1.18. The quantitative estimate of drug-likeness (QED) is 0.757. The molecule has 0 aliphatic heterocycles. The molecular weight excluding hydrogens is 334 g/mol. The van der Waals surface area contributed by atoms with Crippen molar-refractivity contribution in [3.8, 4) is 0 Å². The van der Waals surface area contributed by atoms with Gasteiger partial charge < -0.3 is 10.2 Å². The van der Waals surface area contributed by atoms with Crippen molar-refractivity contribution in [2.45, 2.75) is 0 Å². The van der Waals surface area contributed by atoms with Gasteiger partial charge in [-0.25, -0.2) is 9.78 Å². The van der Waals surface area contributed by atoms with Crippen LogP contribution in [0, 0.1) is 0 Å². The minimum Gasteiger partial charge on any atom is -0.378 e. The van der Waals surface area contributed by atoms with Gasteiger partial charge >= 0.3 is 5.69 Å². The maximum absolute atomic E-state index is 12.5. The lowest BCUT2D eigenvalue weighted by Gasteiger charge is -2.13. The topological polar surface area (TPSA) is 89.2 Å². The normalized spacial score (nSPS) is 10.8. The van der Waals surface area contributed by atoms with Gasteiger partial charge in [0, 0.05) is 45.8 Å². The van der Waals surface area contributed by atoms with E-state index in [0.717, 1.165) is 10.3 Å². The summed E-state index contributed by atoms with van der Waals surface area (Å²) >= 11 is 0. The minimum absolute atomic E-state index is 0.213. The summed E-state index contributed by atoms with van der Waals surface area (Å²) in [5, 5.41) is 2.99. The average Bonchev–Trinajstić information content (AvgIpc) is 2.64. The Hall–Kier alpha value is -3.42. The lowest BCUT2D eigenvalue weighted by atomic mass is 10.2. The first-order chi connectivity index (χ1) is 12.3. The van der Waals surface area contributed by atoms with E-state index < -0.39 is 11.2 Å². The maximum Gasteiger partial charge on any atom is 0.332 e. The van der Waals surface area contributed by atoms with Crippen molar-refractivity contribution in [3.63, 3.8) is 0 Å². The van der Waals surface area contributed by atoms with E-state index in [1.54, 1.807) is 12.1 Å². The third kappa shape index (κ3) is 2.97. The highest BCUT2D eigenvalue weighted by atomic mass is 16.2. The van der Waals surface area contributed by atoms with E-state index in [1.165, 1.54) is 30.9 Å². The van der Waals surface area contributed by atoms with E-state index in [0.29, 0.717) is 5.69 Å². The van der Waals surface area contributed by atoms with Crippen LogP contribution >= 0.6 is 0 Å². The molecule has 2 heterocycles. The monoisotopic (exact) mass is 353 g/mol. The zero-order chi connectivity index (χ0) is 19.0. The van der Waals surface area contributed by atoms with Gasteiger partial charge in [0.1, 0.15) is 5.65 Å². The van der Waals surface area contributed by atoms with Gasteiger partial charge in [0.25, 0.3) is 11.5 Å². The van der Waals surface area contributed by atoms with E-state index in [-0.39, 0.29) is 22.5 Å². The molecule has 0 unspecified atom stereocenters. The van der Waals surface area contributed by atoms with Crippen LogP contribution in [0.15, 0.2) is 46.1 Å². The van der Waals surface area contributed by atoms with E-state index in [9.17, 15) is 14.4 Å². The molecule has 134 valence electrons. The van der Waals surface area contributed by atoms with Gasteiger partial charge in [0.2, 0.25) is 0 Å². The molecule has 0 aliphatic rings. The van der Waals surface area contributed by atoms with Gasteiger partial charge in [0.15, 0.2) is 0 Å². The van der Waals surface area contributed by atoms with Gasteiger partial charge in [-0.1, -0.05) is 0 Å². The van der Waals surface area contributed by atoms with Gasteiger partial charge in [-0.05, 0) is 30.3 Å². The molecule has 1 amide bonds. The zero-order valence-electron chi connectivity index (χ0n) is 15.0. The van der Waals surface area contributed by atoms with E-state index in [2.05, 4.69) is 10.3 Å². The maximum atomic E-state index is 12.5. The van der Waals surface area contributed by atoms with Crippen molar-refractivity contribution in [2.75, 3.05) is 24.3 Å². The van der Waals surface area contributed by atoms with Crippen LogP contribution in [-0.4, -0.2) is 34.1 Å². The molecule has 0 saturated carbocycles. The Balaban J connectivity index is 1.96. The highest BCUT2D eigenvalue weighted by Gasteiger charge is 2.13. The van der Waals surface area contributed by atoms with Crippen molar-refractivity contribution >= 4 is 28.3 Å². The Morgan fingerprint density at radius 1 is 1.08 bits per heavy atom. The molecule has 0 spiro atoms. The Morgan fingerprint density at radius 3 is 2.35 bits per heavy atom. The lowest BCUT2D eigenvalue weighted by Crippen LogP contribution is -2.37. The van der Waals surface area contributed by atoms with Crippen LogP contribution in [0.5, 0.6) is 0 Å². The fourth-order valence-corrected chi connectivity index (χ4v) is 2.64. The molecule has 8 nitrogen and oxygen atoms in total. The number of benzene rings is 1. The fourth-order valence-electron chi connectivity index (χ4n) is 2.64. The standard InChI is InChI=1S/C18H19N5O3/c1-21(2)13-7-5-12(6-8-13)20-16(24)11-9-14-15(19-10-11)22(3)18(26)23(4)17(14)25/h5-10H,1-4H3,(H,20,24). The molecule has 0 radical (unpaired) electrons. The summed E-state index contributed by atoms with van der Waals surface area (Å²) in [4.78, 5) is 42.8. The number of rotatable bonds is 3. The van der Waals surface area contributed by atoms with Crippen LogP contribution in [0.3, 0.4) is 0 Å². The van der Waals surface area contributed by atoms with Crippen molar-refractivity contribution in [1.82, 2.24) is 14.1 Å². The first kappa shape index (κ1) is 17.4. The summed E-state index contributed by atoms with van der Waals surface area (Å²) in [6.07, 6.45) is 1.35. The van der Waals surface area contributed by atoms with E-state index >= 15 is 0 Å². The van der Waals surface area contributed by atoms with Crippen molar-refractivity contribution < 1.29 is 4.79 Å². The Labute approximate surface area is 149 Å². The molecule has 8 heteroatoms. The van der Waals surface area contributed by atoms with Crippen LogP contribution in [0.2, 0.25) is 0 Å². The highest BCUT2D eigenvalue weighted by Crippen LogP contribution is 2.17. The molecule has 0 atom stereocenters. The Kier molecular flexibility index (Phi) is 4.33. The average molecular weight is 353 g/mol. The number of aryl methyl sites for hydroxylation is 1. The summed E-state index contributed by atoms with van der Waals surface area (Å²) < 4.78 is 2.27. The molecule has 0 bridgehead atoms. The van der Waals surface area contributed by atoms with Crippen molar-refractivity contribution in [3.05, 3.63) is 62.9 Å². The SMILES string of the molecule is CN(C)c1ccc(NC(=O)c2cnc3c(c2)c(=O)n(C)c(=O)n3C)cc1. The number of carbonyl (C=O) groups excluding carboxylic acids is 1. The number of carbonyl (C=O) groups is 1. The smallest absolute Gasteiger partial charge is 0.332 e. The molecule has 1 aromatic carbocycles. The number of fused-ring (bicyclic) bond motifs is 1. The zero-order valence-corrected chi connectivity index (χ0v) is 15.0. The molecule has 26 heavy (non-hydrogen) atoms. The molecule has 1 N–H and O–H groups in total. The van der Waals surface area contributed by atoms with Crippen LogP contribution in [0.25, 0.3) is 11.0 Å². The van der Waals surface area contributed by atoms with Crippen LogP contribution in [-0.2, 0) is 14.1 Å². The van der Waals surface area contributed by atoms with Crippen molar-refractivity contribution in [2.24, 2.45) is 14.1 Å². The molecule has 3 rings (SSSR count). The van der Waals surface area contributed by atoms with Crippen molar-refractivity contribution in [1.29, 1.82) is 0 Å². The predicted molar refractivity (Wildman–Crippen MR) is 101 cm³/mol. The van der Waals surface area contributed by atoms with E-state index in [4.69, 9.17) is 0 Å². The number of nitrogens with one attached hydrogen (secondary N) is 1. The number of nitrogens with zero attached hydrogens (tertiary/aromatic N) is 4. The molecular formula is C18H19N5O3. The second-order valence-corrected chi connectivity index (χ2v) is 6.20. The summed E-state index contributed by atoms with van der Waals surface area (Å²) in [6.45, 7) is 0. The summed E-state index contributed by atoms with van der Waals surface area (Å²) in [5.74, 6) is -0.382. The highest BCUT2D eigenvalue weighted by molar-refractivity contribution is 6.05. The summed E-state index contributed by atoms with van der Waals surface area (Å²) in [7, 11) is 6.79. The Morgan fingerprint density at radius 2 is 1.73 bits per heavy atom. The number of anilines is 2. The number of hydrogen-bond acceptors (Lipinski definition) is 5. The third-order valence-corrected chi connectivity index (χ3v) is 4.20. The fraction of sp³-hybridized carbons (Fsp3) is 0.222. The molecule has 3 aromatic rings. The number of hydrogen-bond donors (Lipinski definition) is 1. The lowest BCUT2D eigenvalue weighted by molar-refractivity contribution is 0.102. The van der Waals surface area contributed by atoms with E-state index in [1.807, 2.05) is 31.1 Å². The first-order valence-electron chi connectivity index (χ1n) is 7.94. The molecule has 0 aliphatic carbocycles. The molecule has 0 saturated heterocycles. The summed E-state index contributed by atoms with van der Waals surface area (Å²) in [6, 6.07) is 8.82. The molecule has 2 aromatic heterocycles. The predicted octanol–water partition coefficient (Wildman–Crippen LogP) is 0.950. The van der Waals surface area contributed by atoms with Gasteiger partial charge in [-0.15, -0.1) is 0 Å². The largest absolute Gasteiger partial charge is 0.378 e. The Bertz CT molecular complexity index is 1110. The van der Waals surface area contributed by atoms with Crippen LogP contribution in [0.4, 0.5) is 11.4 Å². The minimum atomic E-state index is -0.486. The second-order valence-electron chi connectivity index (χ2n) is 6.20. The van der Waals surface area contributed by atoms with Crippen LogP contribution < -0.4 is 21.5 Å². The molecule has 0 fully saturated rings. The number of aromatic nitrogens is 3. The second kappa shape index (κ2) is 6.47. The van der Waals surface area contributed by atoms with Crippen LogP contribution in [0.1, 0.15) is 10.4 Å².